The second-order valence-corrected chi connectivity index (χ2v) is 10.1. The highest BCUT2D eigenvalue weighted by atomic mass is 32.1. The predicted molar refractivity (Wildman–Crippen MR) is 128 cm³/mol. The Morgan fingerprint density at radius 2 is 1.77 bits per heavy atom. The molecular formula is C25H26N4OS. The zero-order valence-electron chi connectivity index (χ0n) is 18.5. The molecular weight excluding hydrogens is 404 g/mol. The number of rotatable bonds is 4. The Kier molecular flexibility index (Phi) is 5.58. The van der Waals surface area contributed by atoms with Crippen molar-refractivity contribution in [1.29, 1.82) is 0 Å². The van der Waals surface area contributed by atoms with Crippen LogP contribution in [0.25, 0.3) is 22.2 Å². The zero-order valence-corrected chi connectivity index (χ0v) is 19.3. The number of hydrogen-bond donors (Lipinski definition) is 1. The van der Waals surface area contributed by atoms with Crippen LogP contribution in [0.5, 0.6) is 0 Å². The smallest absolute Gasteiger partial charge is 0.258 e. The summed E-state index contributed by atoms with van der Waals surface area (Å²) in [5, 5.41) is 13.6. The van der Waals surface area contributed by atoms with Gasteiger partial charge in [-0.15, -0.1) is 10.2 Å². The molecule has 2 heterocycles. The third kappa shape index (κ3) is 4.80. The van der Waals surface area contributed by atoms with Crippen LogP contribution in [-0.4, -0.2) is 21.1 Å². The average Bonchev–Trinajstić information content (AvgIpc) is 3.14. The van der Waals surface area contributed by atoms with Crippen LogP contribution < -0.4 is 5.32 Å². The van der Waals surface area contributed by atoms with Crippen molar-refractivity contribution >= 4 is 33.3 Å². The minimum absolute atomic E-state index is 0.114. The first kappa shape index (κ1) is 21.1. The van der Waals surface area contributed by atoms with Gasteiger partial charge in [-0.3, -0.25) is 10.1 Å². The second-order valence-electron chi connectivity index (χ2n) is 9.06. The lowest BCUT2D eigenvalue weighted by Gasteiger charge is -2.14. The average molecular weight is 431 g/mol. The topological polar surface area (TPSA) is 67.8 Å². The van der Waals surface area contributed by atoms with Crippen molar-refractivity contribution in [3.63, 3.8) is 0 Å². The minimum Gasteiger partial charge on any atom is -0.296 e. The maximum absolute atomic E-state index is 13.2. The van der Waals surface area contributed by atoms with Crippen molar-refractivity contribution in [3.05, 3.63) is 70.2 Å². The van der Waals surface area contributed by atoms with Crippen LogP contribution >= 0.6 is 11.3 Å². The maximum Gasteiger partial charge on any atom is 0.258 e. The fraction of sp³-hybridized carbons (Fsp3) is 0.280. The fourth-order valence-electron chi connectivity index (χ4n) is 3.41. The van der Waals surface area contributed by atoms with E-state index in [-0.39, 0.29) is 11.3 Å². The number of para-hydroxylation sites is 1. The number of carbonyl (C=O) groups excluding carboxylic acids is 1. The van der Waals surface area contributed by atoms with Crippen LogP contribution in [0.15, 0.2) is 48.5 Å². The summed E-state index contributed by atoms with van der Waals surface area (Å²) in [4.78, 5) is 18.0. The van der Waals surface area contributed by atoms with Crippen molar-refractivity contribution in [2.24, 2.45) is 5.41 Å². The molecule has 1 N–H and O–H groups in total. The molecule has 1 amide bonds. The molecule has 0 fully saturated rings. The van der Waals surface area contributed by atoms with Gasteiger partial charge in [0.1, 0.15) is 5.01 Å². The van der Waals surface area contributed by atoms with Gasteiger partial charge in [0, 0.05) is 17.4 Å². The molecule has 0 saturated carbocycles. The first-order chi connectivity index (χ1) is 14.7. The Labute approximate surface area is 186 Å². The van der Waals surface area contributed by atoms with Gasteiger partial charge in [0.05, 0.1) is 16.8 Å². The lowest BCUT2D eigenvalue weighted by Crippen LogP contribution is -2.13. The van der Waals surface area contributed by atoms with Gasteiger partial charge in [0.15, 0.2) is 0 Å². The third-order valence-corrected chi connectivity index (χ3v) is 5.97. The molecule has 6 heteroatoms. The summed E-state index contributed by atoms with van der Waals surface area (Å²) >= 11 is 1.42. The molecule has 5 nitrogen and oxygen atoms in total. The number of amides is 1. The molecule has 0 atom stereocenters. The van der Waals surface area contributed by atoms with Gasteiger partial charge in [-0.1, -0.05) is 62.4 Å². The number of pyridine rings is 1. The lowest BCUT2D eigenvalue weighted by molar-refractivity contribution is 0.102. The molecule has 0 aliphatic heterocycles. The van der Waals surface area contributed by atoms with Gasteiger partial charge in [-0.2, -0.15) is 0 Å². The number of hydrogen-bond acceptors (Lipinski definition) is 5. The van der Waals surface area contributed by atoms with Crippen molar-refractivity contribution < 1.29 is 4.79 Å². The van der Waals surface area contributed by atoms with Crippen molar-refractivity contribution in [1.82, 2.24) is 15.2 Å². The number of nitrogens with one attached hydrogen (secondary N) is 1. The molecule has 0 saturated heterocycles. The standard InChI is InChI=1S/C25H26N4OS/c1-15-10-11-17(12-16(15)2)21-13-19(18-8-6-7-9-20(18)26-21)23(30)27-24-29-28-22(31-24)14-25(3,4)5/h6-13H,14H2,1-5H3,(H,27,29,30). The number of fused-ring (bicyclic) bond motifs is 1. The lowest BCUT2D eigenvalue weighted by atomic mass is 9.93. The summed E-state index contributed by atoms with van der Waals surface area (Å²) in [7, 11) is 0. The number of benzene rings is 2. The number of nitrogens with zero attached hydrogens (tertiary/aromatic N) is 3. The van der Waals surface area contributed by atoms with Gasteiger partial charge in [-0.25, -0.2) is 4.98 Å². The van der Waals surface area contributed by atoms with Crippen molar-refractivity contribution in [2.45, 2.75) is 41.0 Å². The second kappa shape index (κ2) is 8.19. The molecule has 4 rings (SSSR count). The van der Waals surface area contributed by atoms with Gasteiger partial charge in [-0.05, 0) is 48.6 Å². The Bertz CT molecular complexity index is 1270. The van der Waals surface area contributed by atoms with Crippen molar-refractivity contribution in [2.75, 3.05) is 5.32 Å². The molecule has 0 aliphatic rings. The Balaban J connectivity index is 1.70. The number of carbonyl (C=O) groups is 1. The van der Waals surface area contributed by atoms with E-state index in [0.29, 0.717) is 10.7 Å². The molecule has 2 aromatic carbocycles. The van der Waals surface area contributed by atoms with Crippen molar-refractivity contribution in [3.8, 4) is 11.3 Å². The van der Waals surface area contributed by atoms with E-state index >= 15 is 0 Å². The van der Waals surface area contributed by atoms with E-state index in [2.05, 4.69) is 62.3 Å². The number of aryl methyl sites for hydroxylation is 2. The minimum atomic E-state index is -0.206. The monoisotopic (exact) mass is 430 g/mol. The van der Waals surface area contributed by atoms with E-state index in [0.717, 1.165) is 33.6 Å². The van der Waals surface area contributed by atoms with Crippen LogP contribution in [0.4, 0.5) is 5.13 Å². The van der Waals surface area contributed by atoms with Gasteiger partial charge < -0.3 is 0 Å². The highest BCUT2D eigenvalue weighted by Gasteiger charge is 2.18. The normalized spacial score (nSPS) is 11.6. The summed E-state index contributed by atoms with van der Waals surface area (Å²) in [6.07, 6.45) is 0.815. The van der Waals surface area contributed by atoms with Crippen LogP contribution in [0.3, 0.4) is 0 Å². The molecule has 31 heavy (non-hydrogen) atoms. The van der Waals surface area contributed by atoms with E-state index < -0.39 is 0 Å². The highest BCUT2D eigenvalue weighted by molar-refractivity contribution is 7.15. The summed E-state index contributed by atoms with van der Waals surface area (Å²) in [6, 6.07) is 15.8. The van der Waals surface area contributed by atoms with Gasteiger partial charge in [0.2, 0.25) is 5.13 Å². The summed E-state index contributed by atoms with van der Waals surface area (Å²) < 4.78 is 0. The first-order valence-corrected chi connectivity index (χ1v) is 11.1. The molecule has 0 spiro atoms. The SMILES string of the molecule is Cc1ccc(-c2cc(C(=O)Nc3nnc(CC(C)(C)C)s3)c3ccccc3n2)cc1C. The van der Waals surface area contributed by atoms with Crippen LogP contribution in [0.1, 0.15) is 47.3 Å². The van der Waals surface area contributed by atoms with E-state index in [1.54, 1.807) is 0 Å². The summed E-state index contributed by atoms with van der Waals surface area (Å²) in [5.41, 5.74) is 5.66. The quantitative estimate of drug-likeness (QED) is 0.418. The molecule has 158 valence electrons. The first-order valence-electron chi connectivity index (χ1n) is 10.3. The Morgan fingerprint density at radius 1 is 1.00 bits per heavy atom. The maximum atomic E-state index is 13.2. The van der Waals surface area contributed by atoms with E-state index in [1.807, 2.05) is 36.4 Å². The largest absolute Gasteiger partial charge is 0.296 e. The molecule has 0 radical (unpaired) electrons. The van der Waals surface area contributed by atoms with Crippen LogP contribution in [-0.2, 0) is 6.42 Å². The Morgan fingerprint density at radius 3 is 2.52 bits per heavy atom. The Hall–Kier alpha value is -3.12. The molecule has 0 unspecified atom stereocenters. The molecule has 2 aromatic heterocycles. The molecule has 0 bridgehead atoms. The predicted octanol–water partition coefficient (Wildman–Crippen LogP) is 6.21. The zero-order chi connectivity index (χ0) is 22.2. The molecule has 4 aromatic rings. The van der Waals surface area contributed by atoms with Gasteiger partial charge >= 0.3 is 0 Å². The summed E-state index contributed by atoms with van der Waals surface area (Å²) in [6.45, 7) is 10.6. The van der Waals surface area contributed by atoms with E-state index in [9.17, 15) is 4.79 Å². The van der Waals surface area contributed by atoms with Crippen LogP contribution in [0.2, 0.25) is 0 Å². The fourth-order valence-corrected chi connectivity index (χ4v) is 4.44. The number of aromatic nitrogens is 3. The van der Waals surface area contributed by atoms with E-state index in [1.165, 1.54) is 22.5 Å². The summed E-state index contributed by atoms with van der Waals surface area (Å²) in [5.74, 6) is -0.206. The highest BCUT2D eigenvalue weighted by Crippen LogP contribution is 2.28. The molecule has 0 aliphatic carbocycles. The van der Waals surface area contributed by atoms with Crippen LogP contribution in [0, 0.1) is 19.3 Å². The number of anilines is 1. The van der Waals surface area contributed by atoms with E-state index in [4.69, 9.17) is 4.98 Å². The third-order valence-electron chi connectivity index (χ3n) is 5.13. The van der Waals surface area contributed by atoms with Gasteiger partial charge in [0.25, 0.3) is 5.91 Å².